The minimum atomic E-state index is 0.0819. The summed E-state index contributed by atoms with van der Waals surface area (Å²) in [5.74, 6) is 0.826. The molecule has 23 heavy (non-hydrogen) atoms. The van der Waals surface area contributed by atoms with Crippen LogP contribution in [0.1, 0.15) is 69.4 Å². The highest BCUT2D eigenvalue weighted by atomic mass is 16.3. The standard InChI is InChI=1S/C21H30O2/c1-5-6-7-8-16-12-19(22)21(20(23)13-16)18-11-15(4)9-10-17(18)14(2)3/h12-13,17-18,22-23H,2,4-11H2,1,3H3. The second-order valence-electron chi connectivity index (χ2n) is 7.06. The van der Waals surface area contributed by atoms with E-state index in [-0.39, 0.29) is 17.4 Å². The number of aromatic hydroxyl groups is 2. The van der Waals surface area contributed by atoms with Gasteiger partial charge in [-0.1, -0.05) is 44.1 Å². The average Bonchev–Trinajstić information content (AvgIpc) is 2.46. The van der Waals surface area contributed by atoms with Crippen LogP contribution in [0, 0.1) is 5.92 Å². The van der Waals surface area contributed by atoms with E-state index in [1.165, 1.54) is 18.4 Å². The molecule has 0 aliphatic heterocycles. The van der Waals surface area contributed by atoms with Crippen LogP contribution in [0.4, 0.5) is 0 Å². The lowest BCUT2D eigenvalue weighted by atomic mass is 9.70. The Bertz CT molecular complexity index is 562. The summed E-state index contributed by atoms with van der Waals surface area (Å²) < 4.78 is 0. The van der Waals surface area contributed by atoms with Gasteiger partial charge in [0.15, 0.2) is 0 Å². The highest BCUT2D eigenvalue weighted by Gasteiger charge is 2.32. The monoisotopic (exact) mass is 314 g/mol. The van der Waals surface area contributed by atoms with Gasteiger partial charge in [0.05, 0.1) is 0 Å². The Hall–Kier alpha value is -1.70. The van der Waals surface area contributed by atoms with Crippen molar-refractivity contribution in [2.45, 2.75) is 64.7 Å². The van der Waals surface area contributed by atoms with E-state index in [1.807, 2.05) is 19.1 Å². The van der Waals surface area contributed by atoms with Crippen molar-refractivity contribution in [2.24, 2.45) is 5.92 Å². The van der Waals surface area contributed by atoms with Crippen LogP contribution in [0.2, 0.25) is 0 Å². The predicted molar refractivity (Wildman–Crippen MR) is 97.0 cm³/mol. The van der Waals surface area contributed by atoms with Crippen LogP contribution in [0.25, 0.3) is 0 Å². The second kappa shape index (κ2) is 7.72. The maximum Gasteiger partial charge on any atom is 0.123 e. The van der Waals surface area contributed by atoms with Crippen molar-refractivity contribution in [3.05, 3.63) is 47.6 Å². The Morgan fingerprint density at radius 1 is 1.22 bits per heavy atom. The summed E-state index contributed by atoms with van der Waals surface area (Å²) in [7, 11) is 0. The SMILES string of the molecule is C=C1CCC(C(=C)C)C(c2c(O)cc(CCCCC)cc2O)C1. The van der Waals surface area contributed by atoms with E-state index >= 15 is 0 Å². The highest BCUT2D eigenvalue weighted by molar-refractivity contribution is 5.50. The quantitative estimate of drug-likeness (QED) is 0.511. The number of aryl methyl sites for hydroxylation is 1. The van der Waals surface area contributed by atoms with E-state index in [4.69, 9.17) is 0 Å². The number of phenolic OH excluding ortho intramolecular Hbond substituents is 2. The van der Waals surface area contributed by atoms with E-state index in [0.29, 0.717) is 11.5 Å². The van der Waals surface area contributed by atoms with Crippen molar-refractivity contribution in [1.29, 1.82) is 0 Å². The zero-order chi connectivity index (χ0) is 17.0. The third-order valence-corrected chi connectivity index (χ3v) is 5.07. The molecule has 0 aromatic heterocycles. The number of hydrogen-bond acceptors (Lipinski definition) is 2. The van der Waals surface area contributed by atoms with Crippen LogP contribution in [-0.4, -0.2) is 10.2 Å². The van der Waals surface area contributed by atoms with Crippen LogP contribution >= 0.6 is 0 Å². The molecular formula is C21H30O2. The summed E-state index contributed by atoms with van der Waals surface area (Å²) in [5, 5.41) is 21.1. The highest BCUT2D eigenvalue weighted by Crippen LogP contribution is 2.48. The lowest BCUT2D eigenvalue weighted by Gasteiger charge is -2.34. The van der Waals surface area contributed by atoms with Crippen molar-refractivity contribution in [3.8, 4) is 11.5 Å². The number of rotatable bonds is 6. The fourth-order valence-corrected chi connectivity index (χ4v) is 3.79. The summed E-state index contributed by atoms with van der Waals surface area (Å²) in [5.41, 5.74) is 4.00. The molecule has 2 unspecified atom stereocenters. The zero-order valence-electron chi connectivity index (χ0n) is 14.6. The van der Waals surface area contributed by atoms with E-state index in [2.05, 4.69) is 20.1 Å². The number of benzene rings is 1. The number of phenols is 2. The molecule has 0 bridgehead atoms. The fourth-order valence-electron chi connectivity index (χ4n) is 3.79. The van der Waals surface area contributed by atoms with Gasteiger partial charge in [0.1, 0.15) is 11.5 Å². The molecule has 2 atom stereocenters. The number of hydrogen-bond donors (Lipinski definition) is 2. The summed E-state index contributed by atoms with van der Waals surface area (Å²) in [6.45, 7) is 12.4. The van der Waals surface area contributed by atoms with Gasteiger partial charge in [-0.3, -0.25) is 0 Å². The number of unbranched alkanes of at least 4 members (excludes halogenated alkanes) is 2. The molecule has 0 heterocycles. The first kappa shape index (κ1) is 17.7. The number of allylic oxidation sites excluding steroid dienone is 2. The molecule has 1 aromatic rings. The van der Waals surface area contributed by atoms with Gasteiger partial charge < -0.3 is 10.2 Å². The summed E-state index contributed by atoms with van der Waals surface area (Å²) in [6.07, 6.45) is 7.14. The second-order valence-corrected chi connectivity index (χ2v) is 7.06. The van der Waals surface area contributed by atoms with Gasteiger partial charge in [-0.2, -0.15) is 0 Å². The minimum Gasteiger partial charge on any atom is -0.508 e. The lowest BCUT2D eigenvalue weighted by molar-refractivity contribution is 0.365. The topological polar surface area (TPSA) is 40.5 Å². The van der Waals surface area contributed by atoms with Crippen molar-refractivity contribution >= 4 is 0 Å². The van der Waals surface area contributed by atoms with Gasteiger partial charge in [-0.15, -0.1) is 0 Å². The third-order valence-electron chi connectivity index (χ3n) is 5.07. The van der Waals surface area contributed by atoms with Crippen molar-refractivity contribution < 1.29 is 10.2 Å². The Morgan fingerprint density at radius 3 is 2.43 bits per heavy atom. The van der Waals surface area contributed by atoms with Gasteiger partial charge in [0.2, 0.25) is 0 Å². The van der Waals surface area contributed by atoms with Gasteiger partial charge in [-0.05, 0) is 62.6 Å². The normalized spacial score (nSPS) is 21.4. The van der Waals surface area contributed by atoms with Crippen LogP contribution in [-0.2, 0) is 6.42 Å². The van der Waals surface area contributed by atoms with Crippen molar-refractivity contribution in [3.63, 3.8) is 0 Å². The largest absolute Gasteiger partial charge is 0.508 e. The third kappa shape index (κ3) is 4.19. The maximum absolute atomic E-state index is 10.5. The molecule has 1 aliphatic carbocycles. The Kier molecular flexibility index (Phi) is 5.92. The predicted octanol–water partition coefficient (Wildman–Crippen LogP) is 5.85. The molecule has 1 aliphatic rings. The van der Waals surface area contributed by atoms with Crippen molar-refractivity contribution in [1.82, 2.24) is 0 Å². The van der Waals surface area contributed by atoms with E-state index in [1.54, 1.807) is 0 Å². The minimum absolute atomic E-state index is 0.0819. The smallest absolute Gasteiger partial charge is 0.123 e. The van der Waals surface area contributed by atoms with E-state index < -0.39 is 0 Å². The maximum atomic E-state index is 10.5. The first-order chi connectivity index (χ1) is 10.9. The van der Waals surface area contributed by atoms with Crippen LogP contribution < -0.4 is 0 Å². The molecule has 1 saturated carbocycles. The van der Waals surface area contributed by atoms with Crippen molar-refractivity contribution in [2.75, 3.05) is 0 Å². The summed E-state index contributed by atoms with van der Waals surface area (Å²) >= 11 is 0. The molecular weight excluding hydrogens is 284 g/mol. The molecule has 0 spiro atoms. The molecule has 2 N–H and O–H groups in total. The Balaban J connectivity index is 2.30. The molecule has 1 fully saturated rings. The summed E-state index contributed by atoms with van der Waals surface area (Å²) in [4.78, 5) is 0. The van der Waals surface area contributed by atoms with E-state index in [0.717, 1.165) is 43.2 Å². The molecule has 126 valence electrons. The molecule has 2 rings (SSSR count). The molecule has 0 amide bonds. The van der Waals surface area contributed by atoms with Crippen LogP contribution in [0.3, 0.4) is 0 Å². The van der Waals surface area contributed by atoms with Gasteiger partial charge in [0.25, 0.3) is 0 Å². The molecule has 2 nitrogen and oxygen atoms in total. The van der Waals surface area contributed by atoms with Gasteiger partial charge >= 0.3 is 0 Å². The van der Waals surface area contributed by atoms with Crippen LogP contribution in [0.15, 0.2) is 36.4 Å². The van der Waals surface area contributed by atoms with Crippen LogP contribution in [0.5, 0.6) is 11.5 Å². The zero-order valence-corrected chi connectivity index (χ0v) is 14.6. The Labute approximate surface area is 140 Å². The fraction of sp³-hybridized carbons (Fsp3) is 0.524. The van der Waals surface area contributed by atoms with E-state index in [9.17, 15) is 10.2 Å². The first-order valence-electron chi connectivity index (χ1n) is 8.80. The summed E-state index contributed by atoms with van der Waals surface area (Å²) in [6, 6.07) is 3.66. The first-order valence-corrected chi connectivity index (χ1v) is 8.80. The molecule has 0 radical (unpaired) electrons. The van der Waals surface area contributed by atoms with Gasteiger partial charge in [-0.25, -0.2) is 0 Å². The lowest BCUT2D eigenvalue weighted by Crippen LogP contribution is -2.20. The molecule has 2 heteroatoms. The average molecular weight is 314 g/mol. The van der Waals surface area contributed by atoms with Gasteiger partial charge in [0, 0.05) is 11.5 Å². The molecule has 1 aromatic carbocycles. The Morgan fingerprint density at radius 2 is 1.87 bits per heavy atom. The molecule has 0 saturated heterocycles.